The Balaban J connectivity index is 1.61. The van der Waals surface area contributed by atoms with Gasteiger partial charge in [-0.2, -0.15) is 4.98 Å². The van der Waals surface area contributed by atoms with Crippen LogP contribution in [-0.4, -0.2) is 19.6 Å². The molecule has 2 aromatic heterocycles. The van der Waals surface area contributed by atoms with E-state index in [-0.39, 0.29) is 5.82 Å². The monoisotopic (exact) mass is 359 g/mol. The lowest BCUT2D eigenvalue weighted by atomic mass is 10.2. The van der Waals surface area contributed by atoms with Crippen molar-refractivity contribution in [3.8, 4) is 0 Å². The summed E-state index contributed by atoms with van der Waals surface area (Å²) in [6.45, 7) is 0.556. The first kappa shape index (κ1) is 13.3. The Morgan fingerprint density at radius 3 is 2.77 bits per heavy atom. The van der Waals surface area contributed by atoms with Crippen molar-refractivity contribution in [3.05, 3.63) is 58.3 Å². The van der Waals surface area contributed by atoms with Gasteiger partial charge in [-0.05, 0) is 35.9 Å². The van der Waals surface area contributed by atoms with E-state index < -0.39 is 0 Å². The van der Waals surface area contributed by atoms with Crippen LogP contribution in [0.25, 0.3) is 16.8 Å². The molecule has 7 heteroatoms. The number of nitrogens with zero attached hydrogens (tertiary/aromatic N) is 3. The van der Waals surface area contributed by atoms with E-state index in [1.54, 1.807) is 12.1 Å². The van der Waals surface area contributed by atoms with Gasteiger partial charge in [0.25, 0.3) is 5.78 Å². The Morgan fingerprint density at radius 1 is 1.14 bits per heavy atom. The van der Waals surface area contributed by atoms with E-state index in [0.29, 0.717) is 18.3 Å². The lowest BCUT2D eigenvalue weighted by molar-refractivity contribution is 0.627. The summed E-state index contributed by atoms with van der Waals surface area (Å²) in [6.07, 6.45) is 0. The van der Waals surface area contributed by atoms with Crippen LogP contribution in [0.4, 0.5) is 10.3 Å². The van der Waals surface area contributed by atoms with E-state index in [9.17, 15) is 4.39 Å². The van der Waals surface area contributed by atoms with Crippen molar-refractivity contribution in [1.29, 1.82) is 0 Å². The summed E-state index contributed by atoms with van der Waals surface area (Å²) in [6, 6.07) is 12.2. The smallest absolute Gasteiger partial charge is 0.253 e. The van der Waals surface area contributed by atoms with Crippen LogP contribution in [0.5, 0.6) is 0 Å². The van der Waals surface area contributed by atoms with Gasteiger partial charge in [-0.15, -0.1) is 0 Å². The second-order valence-electron chi connectivity index (χ2n) is 4.93. The third-order valence-corrected chi connectivity index (χ3v) is 3.89. The summed E-state index contributed by atoms with van der Waals surface area (Å²) in [4.78, 5) is 8.87. The van der Waals surface area contributed by atoms with Crippen LogP contribution in [0.1, 0.15) is 5.56 Å². The molecule has 5 nitrogen and oxygen atoms in total. The Bertz CT molecular complexity index is 957. The van der Waals surface area contributed by atoms with Crippen molar-refractivity contribution in [3.63, 3.8) is 0 Å². The molecule has 0 atom stereocenters. The standard InChI is InChI=1S/C15H11BrFN5/c16-10-3-6-13-12(7-10)19-15-20-14(21-22(13)15)18-8-9-1-4-11(17)5-2-9/h1-7H,8H2,(H2,18,19,20,21). The predicted molar refractivity (Wildman–Crippen MR) is 86.3 cm³/mol. The number of anilines is 1. The number of fused-ring (bicyclic) bond motifs is 3. The molecule has 4 rings (SSSR count). The van der Waals surface area contributed by atoms with Crippen molar-refractivity contribution in [2.24, 2.45) is 0 Å². The number of nitrogens with one attached hydrogen (secondary N) is 2. The number of benzene rings is 2. The van der Waals surface area contributed by atoms with Gasteiger partial charge in [0.15, 0.2) is 0 Å². The van der Waals surface area contributed by atoms with Gasteiger partial charge in [0.05, 0.1) is 11.0 Å². The molecular weight excluding hydrogens is 349 g/mol. The van der Waals surface area contributed by atoms with Gasteiger partial charge in [0.2, 0.25) is 5.95 Å². The second-order valence-corrected chi connectivity index (χ2v) is 5.85. The molecule has 4 aromatic rings. The average molecular weight is 360 g/mol. The van der Waals surface area contributed by atoms with Crippen LogP contribution in [0, 0.1) is 5.82 Å². The van der Waals surface area contributed by atoms with Gasteiger partial charge in [-0.3, -0.25) is 5.10 Å². The van der Waals surface area contributed by atoms with Gasteiger partial charge >= 0.3 is 0 Å². The molecule has 0 saturated heterocycles. The number of rotatable bonds is 3. The molecule has 0 spiro atoms. The molecule has 2 heterocycles. The molecule has 0 saturated carbocycles. The zero-order chi connectivity index (χ0) is 15.1. The Labute approximate surface area is 133 Å². The molecular formula is C15H11BrFN5. The summed E-state index contributed by atoms with van der Waals surface area (Å²) in [5.74, 6) is 0.990. The fourth-order valence-electron chi connectivity index (χ4n) is 2.32. The molecule has 0 radical (unpaired) electrons. The van der Waals surface area contributed by atoms with Gasteiger partial charge in [0.1, 0.15) is 5.82 Å². The number of imidazole rings is 1. The van der Waals surface area contributed by atoms with E-state index in [1.165, 1.54) is 12.1 Å². The Hall–Kier alpha value is -2.41. The number of aromatic nitrogens is 4. The largest absolute Gasteiger partial charge is 0.351 e. The molecule has 0 aliphatic carbocycles. The fourth-order valence-corrected chi connectivity index (χ4v) is 2.67. The van der Waals surface area contributed by atoms with E-state index in [2.05, 4.69) is 36.3 Å². The van der Waals surface area contributed by atoms with Gasteiger partial charge < -0.3 is 5.32 Å². The SMILES string of the molecule is Fc1ccc(CNc2nc3nc4cc(Br)ccc4n3[nH]2)cc1. The van der Waals surface area contributed by atoms with Crippen molar-refractivity contribution in [2.45, 2.75) is 6.54 Å². The summed E-state index contributed by atoms with van der Waals surface area (Å²) in [7, 11) is 0. The van der Waals surface area contributed by atoms with Crippen molar-refractivity contribution >= 4 is 38.7 Å². The highest BCUT2D eigenvalue weighted by Gasteiger charge is 2.09. The maximum absolute atomic E-state index is 12.9. The van der Waals surface area contributed by atoms with Crippen molar-refractivity contribution < 1.29 is 4.39 Å². The molecule has 2 aromatic carbocycles. The third-order valence-electron chi connectivity index (χ3n) is 3.40. The average Bonchev–Trinajstić information content (AvgIpc) is 3.03. The molecule has 0 aliphatic heterocycles. The van der Waals surface area contributed by atoms with Crippen LogP contribution in [0.2, 0.25) is 0 Å². The summed E-state index contributed by atoms with van der Waals surface area (Å²) in [5.41, 5.74) is 2.81. The summed E-state index contributed by atoms with van der Waals surface area (Å²) < 4.78 is 15.7. The molecule has 0 unspecified atom stereocenters. The topological polar surface area (TPSA) is 58.0 Å². The van der Waals surface area contributed by atoms with E-state index in [4.69, 9.17) is 0 Å². The minimum Gasteiger partial charge on any atom is -0.351 e. The first-order valence-corrected chi connectivity index (χ1v) is 7.50. The molecule has 0 aliphatic rings. The summed E-state index contributed by atoms with van der Waals surface area (Å²) in [5, 5.41) is 6.34. The van der Waals surface area contributed by atoms with E-state index in [0.717, 1.165) is 21.1 Å². The minimum absolute atomic E-state index is 0.238. The normalized spacial score (nSPS) is 11.4. The van der Waals surface area contributed by atoms with Gasteiger partial charge in [-0.25, -0.2) is 13.9 Å². The van der Waals surface area contributed by atoms with Crippen LogP contribution >= 0.6 is 15.9 Å². The highest BCUT2D eigenvalue weighted by atomic mass is 79.9. The highest BCUT2D eigenvalue weighted by molar-refractivity contribution is 9.10. The first-order chi connectivity index (χ1) is 10.7. The predicted octanol–water partition coefficient (Wildman–Crippen LogP) is 3.72. The molecule has 110 valence electrons. The van der Waals surface area contributed by atoms with Gasteiger partial charge in [0, 0.05) is 11.0 Å². The Morgan fingerprint density at radius 2 is 1.95 bits per heavy atom. The molecule has 2 N–H and O–H groups in total. The van der Waals surface area contributed by atoms with Crippen LogP contribution in [0.15, 0.2) is 46.9 Å². The van der Waals surface area contributed by atoms with Crippen LogP contribution < -0.4 is 5.32 Å². The quantitative estimate of drug-likeness (QED) is 0.586. The van der Waals surface area contributed by atoms with Crippen molar-refractivity contribution in [2.75, 3.05) is 5.32 Å². The first-order valence-electron chi connectivity index (χ1n) is 6.71. The molecule has 0 bridgehead atoms. The van der Waals surface area contributed by atoms with E-state index in [1.807, 2.05) is 22.7 Å². The third kappa shape index (κ3) is 2.33. The lowest BCUT2D eigenvalue weighted by Crippen LogP contribution is -2.01. The summed E-state index contributed by atoms with van der Waals surface area (Å²) >= 11 is 3.43. The number of aromatic amines is 1. The number of hydrogen-bond acceptors (Lipinski definition) is 3. The fraction of sp³-hybridized carbons (Fsp3) is 0.0667. The maximum atomic E-state index is 12.9. The molecule has 0 amide bonds. The minimum atomic E-state index is -0.238. The van der Waals surface area contributed by atoms with E-state index >= 15 is 0 Å². The molecule has 22 heavy (non-hydrogen) atoms. The van der Waals surface area contributed by atoms with Crippen LogP contribution in [0.3, 0.4) is 0 Å². The molecule has 0 fully saturated rings. The lowest BCUT2D eigenvalue weighted by Gasteiger charge is -2.02. The van der Waals surface area contributed by atoms with Gasteiger partial charge in [-0.1, -0.05) is 28.1 Å². The number of hydrogen-bond donors (Lipinski definition) is 2. The zero-order valence-corrected chi connectivity index (χ0v) is 12.9. The highest BCUT2D eigenvalue weighted by Crippen LogP contribution is 2.20. The Kier molecular flexibility index (Phi) is 3.07. The number of halogens is 2. The number of H-pyrrole nitrogens is 1. The van der Waals surface area contributed by atoms with Crippen molar-refractivity contribution in [1.82, 2.24) is 19.6 Å². The zero-order valence-electron chi connectivity index (χ0n) is 11.3. The second kappa shape index (κ2) is 5.10. The maximum Gasteiger partial charge on any atom is 0.253 e. The van der Waals surface area contributed by atoms with Crippen LogP contribution in [-0.2, 0) is 6.54 Å².